The summed E-state index contributed by atoms with van der Waals surface area (Å²) in [6.07, 6.45) is 4.92. The molecule has 3 aromatic heterocycles. The molecule has 1 aromatic carbocycles. The van der Waals surface area contributed by atoms with Gasteiger partial charge < -0.3 is 0 Å². The van der Waals surface area contributed by atoms with Crippen LogP contribution in [0, 0.1) is 5.82 Å². The summed E-state index contributed by atoms with van der Waals surface area (Å²) in [5, 5.41) is 8.64. The highest BCUT2D eigenvalue weighted by Gasteiger charge is 2.15. The molecule has 8 heteroatoms. The summed E-state index contributed by atoms with van der Waals surface area (Å²) in [7, 11) is 0. The Morgan fingerprint density at radius 3 is 2.61 bits per heavy atom. The number of rotatable bonds is 3. The Hall–Kier alpha value is -2.74. The summed E-state index contributed by atoms with van der Waals surface area (Å²) >= 11 is -0.0139. The zero-order valence-electron chi connectivity index (χ0n) is 11.6. The molecule has 0 atom stereocenters. The Labute approximate surface area is 134 Å². The molecule has 0 unspecified atom stereocenters. The molecular weight excluding hydrogens is 320 g/mol. The smallest absolute Gasteiger partial charge is 0.187 e. The second-order valence-corrected chi connectivity index (χ2v) is 5.33. The van der Waals surface area contributed by atoms with Gasteiger partial charge in [-0.15, -0.1) is 3.89 Å². The van der Waals surface area contributed by atoms with Crippen LogP contribution in [0.3, 0.4) is 0 Å². The Balaban J connectivity index is 1.89. The third kappa shape index (κ3) is 2.46. The Bertz CT molecular complexity index is 977. The number of fused-ring (bicyclic) bond motifs is 1. The van der Waals surface area contributed by atoms with Crippen molar-refractivity contribution in [3.8, 4) is 22.5 Å². The molecule has 4 rings (SSSR count). The molecule has 0 bridgehead atoms. The zero-order valence-corrected chi connectivity index (χ0v) is 12.4. The molecule has 114 valence electrons. The van der Waals surface area contributed by atoms with Crippen LogP contribution in [0.1, 0.15) is 0 Å². The molecule has 4 aromatic rings. The van der Waals surface area contributed by atoms with Crippen LogP contribution in [0.25, 0.3) is 28.2 Å². The average molecular weight is 329 g/mol. The number of nitrogens with zero attached hydrogens (tertiary/aromatic N) is 5. The van der Waals surface area contributed by atoms with Gasteiger partial charge in [0.05, 0.1) is 11.9 Å². The van der Waals surface area contributed by atoms with Crippen molar-refractivity contribution in [2.75, 3.05) is 0 Å². The minimum Gasteiger partial charge on any atom is -0.236 e. The Morgan fingerprint density at radius 2 is 1.83 bits per heavy atom. The molecule has 0 amide bonds. The third-order valence-electron chi connectivity index (χ3n) is 3.41. The van der Waals surface area contributed by atoms with Gasteiger partial charge in [0.15, 0.2) is 18.0 Å². The molecule has 3 heterocycles. The van der Waals surface area contributed by atoms with Crippen LogP contribution in [0.5, 0.6) is 0 Å². The fourth-order valence-electron chi connectivity index (χ4n) is 2.36. The molecule has 0 radical (unpaired) electrons. The maximum absolute atomic E-state index is 13.1. The van der Waals surface area contributed by atoms with Crippen LogP contribution < -0.4 is 0 Å². The monoisotopic (exact) mass is 329 g/mol. The lowest BCUT2D eigenvalue weighted by atomic mass is 10.1. The van der Waals surface area contributed by atoms with Crippen molar-refractivity contribution in [1.82, 2.24) is 23.8 Å². The van der Waals surface area contributed by atoms with Crippen LogP contribution >= 0.6 is 12.3 Å². The molecule has 0 aliphatic rings. The lowest BCUT2D eigenvalue weighted by Gasteiger charge is -2.03. The summed E-state index contributed by atoms with van der Waals surface area (Å²) in [5.74, 6) is -0.340. The van der Waals surface area contributed by atoms with E-state index in [1.165, 1.54) is 12.1 Å². The quantitative estimate of drug-likeness (QED) is 0.574. The maximum Gasteiger partial charge on any atom is 0.187 e. The van der Waals surface area contributed by atoms with Crippen molar-refractivity contribution < 1.29 is 8.28 Å². The van der Waals surface area contributed by atoms with E-state index in [4.69, 9.17) is 0 Å². The first-order valence-electron chi connectivity index (χ1n) is 6.70. The number of benzene rings is 1. The predicted molar refractivity (Wildman–Crippen MR) is 83.7 cm³/mol. The summed E-state index contributed by atoms with van der Waals surface area (Å²) in [6, 6.07) is 9.49. The lowest BCUT2D eigenvalue weighted by molar-refractivity contribution is 0.628. The first-order chi connectivity index (χ1) is 11.2. The van der Waals surface area contributed by atoms with Crippen molar-refractivity contribution in [2.24, 2.45) is 0 Å². The lowest BCUT2D eigenvalue weighted by Crippen LogP contribution is -1.93. The van der Waals surface area contributed by atoms with Crippen LogP contribution in [0.15, 0.2) is 55.0 Å². The average Bonchev–Trinajstić information content (AvgIpc) is 3.21. The van der Waals surface area contributed by atoms with Crippen LogP contribution in [-0.4, -0.2) is 23.8 Å². The number of hydrogen-bond acceptors (Lipinski definition) is 4. The highest BCUT2D eigenvalue weighted by Crippen LogP contribution is 2.31. The van der Waals surface area contributed by atoms with E-state index in [1.54, 1.807) is 41.3 Å². The van der Waals surface area contributed by atoms with Crippen LogP contribution in [0.2, 0.25) is 0 Å². The molecular formula is C15H9F2N5S. The van der Waals surface area contributed by atoms with Gasteiger partial charge in [0.1, 0.15) is 11.5 Å². The van der Waals surface area contributed by atoms with Gasteiger partial charge in [-0.1, -0.05) is 0 Å². The van der Waals surface area contributed by atoms with E-state index >= 15 is 0 Å². The van der Waals surface area contributed by atoms with Gasteiger partial charge >= 0.3 is 0 Å². The largest absolute Gasteiger partial charge is 0.236 e. The second kappa shape index (κ2) is 5.47. The predicted octanol–water partition coefficient (Wildman–Crippen LogP) is 3.78. The zero-order chi connectivity index (χ0) is 15.8. The summed E-state index contributed by atoms with van der Waals surface area (Å²) in [6.45, 7) is 0. The first-order valence-corrected chi connectivity index (χ1v) is 7.37. The van der Waals surface area contributed by atoms with Gasteiger partial charge in [-0.2, -0.15) is 14.3 Å². The van der Waals surface area contributed by atoms with Gasteiger partial charge in [0, 0.05) is 23.5 Å². The summed E-state index contributed by atoms with van der Waals surface area (Å²) < 4.78 is 28.8. The molecule has 0 aliphatic heterocycles. The molecule has 0 aliphatic carbocycles. The number of imidazole rings is 1. The second-order valence-electron chi connectivity index (χ2n) is 4.82. The number of halogens is 2. The van der Waals surface area contributed by atoms with Crippen LogP contribution in [-0.2, 0) is 0 Å². The van der Waals surface area contributed by atoms with E-state index in [0.29, 0.717) is 28.2 Å². The fourth-order valence-corrected chi connectivity index (χ4v) is 2.61. The molecule has 0 saturated heterocycles. The van der Waals surface area contributed by atoms with E-state index in [0.717, 1.165) is 4.09 Å². The maximum atomic E-state index is 13.1. The topological polar surface area (TPSA) is 48.0 Å². The molecule has 23 heavy (non-hydrogen) atoms. The van der Waals surface area contributed by atoms with Gasteiger partial charge in [0.2, 0.25) is 0 Å². The van der Waals surface area contributed by atoms with Crippen molar-refractivity contribution >= 4 is 18.0 Å². The third-order valence-corrected chi connectivity index (χ3v) is 3.74. The normalized spacial score (nSPS) is 11.2. The first kappa shape index (κ1) is 13.9. The Kier molecular flexibility index (Phi) is 3.30. The molecule has 0 saturated carbocycles. The van der Waals surface area contributed by atoms with Crippen molar-refractivity contribution in [1.29, 1.82) is 0 Å². The van der Waals surface area contributed by atoms with Crippen LogP contribution in [0.4, 0.5) is 8.28 Å². The van der Waals surface area contributed by atoms with Crippen molar-refractivity contribution in [3.05, 3.63) is 60.8 Å². The van der Waals surface area contributed by atoms with Crippen molar-refractivity contribution in [2.45, 2.75) is 0 Å². The number of hydrogen-bond donors (Lipinski definition) is 0. The Morgan fingerprint density at radius 1 is 1.00 bits per heavy atom. The van der Waals surface area contributed by atoms with E-state index in [-0.39, 0.29) is 18.2 Å². The van der Waals surface area contributed by atoms with Gasteiger partial charge in [-0.25, -0.2) is 13.9 Å². The minimum atomic E-state index is -0.340. The molecule has 0 N–H and O–H groups in total. The summed E-state index contributed by atoms with van der Waals surface area (Å²) in [5.41, 5.74) is 3.20. The van der Waals surface area contributed by atoms with Gasteiger partial charge in [-0.05, 0) is 36.4 Å². The van der Waals surface area contributed by atoms with E-state index in [1.807, 2.05) is 6.07 Å². The van der Waals surface area contributed by atoms with Gasteiger partial charge in [0.25, 0.3) is 0 Å². The highest BCUT2D eigenvalue weighted by atomic mass is 32.2. The number of aromatic nitrogens is 5. The highest BCUT2D eigenvalue weighted by molar-refractivity contribution is 7.92. The molecule has 5 nitrogen and oxygen atoms in total. The molecule has 0 fully saturated rings. The SMILES string of the molecule is FSn1cc(-c2ccc3nccn3n2)c(-c2ccc(F)cc2)n1. The minimum absolute atomic E-state index is 0.0139. The van der Waals surface area contributed by atoms with E-state index in [9.17, 15) is 8.28 Å². The van der Waals surface area contributed by atoms with E-state index < -0.39 is 0 Å². The summed E-state index contributed by atoms with van der Waals surface area (Å²) in [4.78, 5) is 4.14. The fraction of sp³-hybridized carbons (Fsp3) is 0. The standard InChI is InChI=1S/C15H9F2N5S/c16-11-3-1-10(2-4-11)15-12(9-22(20-15)23-17)13-5-6-14-18-7-8-21(14)19-13/h1-9H. The van der Waals surface area contributed by atoms with Gasteiger partial charge in [-0.3, -0.25) is 0 Å². The van der Waals surface area contributed by atoms with Crippen molar-refractivity contribution in [3.63, 3.8) is 0 Å². The molecule has 0 spiro atoms. The van der Waals surface area contributed by atoms with E-state index in [2.05, 4.69) is 15.2 Å².